The summed E-state index contributed by atoms with van der Waals surface area (Å²) in [4.78, 5) is 10.9. The lowest BCUT2D eigenvalue weighted by atomic mass is 10.1. The molecular weight excluding hydrogens is 166 g/mol. The van der Waals surface area contributed by atoms with Crippen molar-refractivity contribution in [2.75, 3.05) is 13.7 Å². The van der Waals surface area contributed by atoms with E-state index in [1.807, 2.05) is 6.92 Å². The molecule has 0 radical (unpaired) electrons. The van der Waals surface area contributed by atoms with Gasteiger partial charge < -0.3 is 10.1 Å². The van der Waals surface area contributed by atoms with Crippen LogP contribution in [0.2, 0.25) is 0 Å². The van der Waals surface area contributed by atoms with Gasteiger partial charge in [-0.15, -0.1) is 0 Å². The highest BCUT2D eigenvalue weighted by atomic mass is 16.5. The van der Waals surface area contributed by atoms with Crippen molar-refractivity contribution < 1.29 is 9.53 Å². The van der Waals surface area contributed by atoms with Crippen LogP contribution >= 0.6 is 0 Å². The molecule has 0 saturated carbocycles. The maximum absolute atomic E-state index is 10.9. The first-order valence-electron chi connectivity index (χ1n) is 4.86. The Hall–Kier alpha value is -0.570. The van der Waals surface area contributed by atoms with E-state index >= 15 is 0 Å². The fraction of sp³-hybridized carbons (Fsp3) is 0.900. The maximum Gasteiger partial charge on any atom is 0.307 e. The molecule has 13 heavy (non-hydrogen) atoms. The SMILES string of the molecule is COC(=O)CC(C)NCCC(C)C. The van der Waals surface area contributed by atoms with Crippen molar-refractivity contribution in [3.8, 4) is 0 Å². The van der Waals surface area contributed by atoms with Gasteiger partial charge in [0.1, 0.15) is 0 Å². The molecule has 0 aromatic rings. The molecule has 0 rings (SSSR count). The lowest BCUT2D eigenvalue weighted by Gasteiger charge is -2.13. The minimum atomic E-state index is -0.149. The highest BCUT2D eigenvalue weighted by Gasteiger charge is 2.07. The first kappa shape index (κ1) is 12.4. The third-order valence-corrected chi connectivity index (χ3v) is 1.92. The molecule has 3 heteroatoms. The molecule has 0 spiro atoms. The molecule has 0 saturated heterocycles. The van der Waals surface area contributed by atoms with Crippen LogP contribution in [0, 0.1) is 5.92 Å². The van der Waals surface area contributed by atoms with E-state index in [-0.39, 0.29) is 12.0 Å². The quantitative estimate of drug-likeness (QED) is 0.641. The van der Waals surface area contributed by atoms with Crippen LogP contribution < -0.4 is 5.32 Å². The number of ether oxygens (including phenoxy) is 1. The fourth-order valence-electron chi connectivity index (χ4n) is 1.02. The molecule has 0 fully saturated rings. The van der Waals surface area contributed by atoms with Crippen molar-refractivity contribution in [3.05, 3.63) is 0 Å². The topological polar surface area (TPSA) is 38.3 Å². The number of rotatable bonds is 6. The summed E-state index contributed by atoms with van der Waals surface area (Å²) < 4.78 is 4.57. The number of carbonyl (C=O) groups excluding carboxylic acids is 1. The normalized spacial score (nSPS) is 13.0. The molecule has 3 nitrogen and oxygen atoms in total. The number of carbonyl (C=O) groups is 1. The Balaban J connectivity index is 3.40. The third-order valence-electron chi connectivity index (χ3n) is 1.92. The van der Waals surface area contributed by atoms with E-state index in [1.165, 1.54) is 7.11 Å². The highest BCUT2D eigenvalue weighted by Crippen LogP contribution is 1.98. The predicted octanol–water partition coefficient (Wildman–Crippen LogP) is 1.57. The molecule has 0 aromatic heterocycles. The first-order chi connectivity index (χ1) is 6.06. The molecule has 1 N–H and O–H groups in total. The molecule has 1 atom stereocenters. The van der Waals surface area contributed by atoms with E-state index in [9.17, 15) is 4.79 Å². The number of methoxy groups -OCH3 is 1. The van der Waals surface area contributed by atoms with Gasteiger partial charge in [-0.1, -0.05) is 13.8 Å². The van der Waals surface area contributed by atoms with Gasteiger partial charge in [-0.25, -0.2) is 0 Å². The van der Waals surface area contributed by atoms with Crippen LogP contribution in [0.3, 0.4) is 0 Å². The Kier molecular flexibility index (Phi) is 6.59. The minimum Gasteiger partial charge on any atom is -0.469 e. The highest BCUT2D eigenvalue weighted by molar-refractivity contribution is 5.69. The number of hydrogen-bond donors (Lipinski definition) is 1. The van der Waals surface area contributed by atoms with Crippen LogP contribution in [-0.4, -0.2) is 25.7 Å². The van der Waals surface area contributed by atoms with Gasteiger partial charge in [0.25, 0.3) is 0 Å². The van der Waals surface area contributed by atoms with Crippen LogP contribution in [0.5, 0.6) is 0 Å². The second-order valence-corrected chi connectivity index (χ2v) is 3.82. The fourth-order valence-corrected chi connectivity index (χ4v) is 1.02. The Morgan fingerprint density at radius 3 is 2.46 bits per heavy atom. The van der Waals surface area contributed by atoms with E-state index in [1.54, 1.807) is 0 Å². The zero-order valence-corrected chi connectivity index (χ0v) is 9.09. The summed E-state index contributed by atoms with van der Waals surface area (Å²) in [6.07, 6.45) is 1.60. The van der Waals surface area contributed by atoms with Gasteiger partial charge in [-0.2, -0.15) is 0 Å². The second kappa shape index (κ2) is 6.89. The summed E-state index contributed by atoms with van der Waals surface area (Å²) in [7, 11) is 1.42. The van der Waals surface area contributed by atoms with E-state index in [0.717, 1.165) is 13.0 Å². The molecule has 0 aliphatic carbocycles. The predicted molar refractivity (Wildman–Crippen MR) is 53.6 cm³/mol. The van der Waals surface area contributed by atoms with Crippen LogP contribution in [-0.2, 0) is 9.53 Å². The first-order valence-corrected chi connectivity index (χ1v) is 4.86. The Bertz CT molecular complexity index is 146. The maximum atomic E-state index is 10.9. The standard InChI is InChI=1S/C10H21NO2/c1-8(2)5-6-11-9(3)7-10(12)13-4/h8-9,11H,5-7H2,1-4H3. The van der Waals surface area contributed by atoms with E-state index in [2.05, 4.69) is 23.9 Å². The lowest BCUT2D eigenvalue weighted by Crippen LogP contribution is -2.30. The molecule has 0 aromatic carbocycles. The zero-order chi connectivity index (χ0) is 10.3. The molecule has 0 aliphatic rings. The van der Waals surface area contributed by atoms with Gasteiger partial charge in [0.15, 0.2) is 0 Å². The van der Waals surface area contributed by atoms with Crippen molar-refractivity contribution in [2.45, 2.75) is 39.7 Å². The lowest BCUT2D eigenvalue weighted by molar-refractivity contribution is -0.141. The van der Waals surface area contributed by atoms with E-state index < -0.39 is 0 Å². The van der Waals surface area contributed by atoms with Crippen LogP contribution in [0.1, 0.15) is 33.6 Å². The summed E-state index contributed by atoms with van der Waals surface area (Å²) >= 11 is 0. The van der Waals surface area contributed by atoms with Gasteiger partial charge in [0.05, 0.1) is 13.5 Å². The van der Waals surface area contributed by atoms with Crippen molar-refractivity contribution in [1.82, 2.24) is 5.32 Å². The Labute approximate surface area is 80.8 Å². The third kappa shape index (κ3) is 7.78. The van der Waals surface area contributed by atoms with E-state index in [4.69, 9.17) is 0 Å². The minimum absolute atomic E-state index is 0.149. The van der Waals surface area contributed by atoms with Gasteiger partial charge in [0.2, 0.25) is 0 Å². The van der Waals surface area contributed by atoms with Gasteiger partial charge >= 0.3 is 5.97 Å². The molecule has 0 bridgehead atoms. The van der Waals surface area contributed by atoms with Crippen LogP contribution in [0.15, 0.2) is 0 Å². The largest absolute Gasteiger partial charge is 0.469 e. The molecule has 78 valence electrons. The van der Waals surface area contributed by atoms with Gasteiger partial charge in [0, 0.05) is 6.04 Å². The Morgan fingerprint density at radius 2 is 2.00 bits per heavy atom. The summed E-state index contributed by atoms with van der Waals surface area (Å²) in [6, 6.07) is 0.214. The van der Waals surface area contributed by atoms with Crippen molar-refractivity contribution in [1.29, 1.82) is 0 Å². The average Bonchev–Trinajstić information content (AvgIpc) is 2.03. The van der Waals surface area contributed by atoms with Crippen molar-refractivity contribution >= 4 is 5.97 Å². The molecular formula is C10H21NO2. The molecule has 1 unspecified atom stereocenters. The Morgan fingerprint density at radius 1 is 1.38 bits per heavy atom. The summed E-state index contributed by atoms with van der Waals surface area (Å²) in [5.74, 6) is 0.558. The van der Waals surface area contributed by atoms with Gasteiger partial charge in [-0.3, -0.25) is 4.79 Å². The zero-order valence-electron chi connectivity index (χ0n) is 9.09. The molecule has 0 aliphatic heterocycles. The summed E-state index contributed by atoms with van der Waals surface area (Å²) in [5, 5.41) is 3.28. The van der Waals surface area contributed by atoms with Crippen LogP contribution in [0.25, 0.3) is 0 Å². The molecule has 0 heterocycles. The van der Waals surface area contributed by atoms with E-state index in [0.29, 0.717) is 12.3 Å². The van der Waals surface area contributed by atoms with Crippen molar-refractivity contribution in [2.24, 2.45) is 5.92 Å². The average molecular weight is 187 g/mol. The monoisotopic (exact) mass is 187 g/mol. The summed E-state index contributed by atoms with van der Waals surface area (Å²) in [6.45, 7) is 7.34. The second-order valence-electron chi connectivity index (χ2n) is 3.82. The van der Waals surface area contributed by atoms with Gasteiger partial charge in [-0.05, 0) is 25.8 Å². The number of esters is 1. The smallest absolute Gasteiger partial charge is 0.307 e. The molecule has 0 amide bonds. The van der Waals surface area contributed by atoms with Crippen molar-refractivity contribution in [3.63, 3.8) is 0 Å². The number of hydrogen-bond acceptors (Lipinski definition) is 3. The summed E-state index contributed by atoms with van der Waals surface area (Å²) in [5.41, 5.74) is 0. The number of nitrogens with one attached hydrogen (secondary N) is 1. The van der Waals surface area contributed by atoms with Crippen LogP contribution in [0.4, 0.5) is 0 Å².